The fraction of sp³-hybridized carbons (Fsp3) is 0.0556. The average Bonchev–Trinajstić information content (AvgIpc) is 3.27. The van der Waals surface area contributed by atoms with Gasteiger partial charge < -0.3 is 9.52 Å². The summed E-state index contributed by atoms with van der Waals surface area (Å²) in [5, 5.41) is 16.4. The molecule has 2 amide bonds. The van der Waals surface area contributed by atoms with E-state index in [0.29, 0.717) is 11.1 Å². The van der Waals surface area contributed by atoms with Crippen molar-refractivity contribution < 1.29 is 23.9 Å². The first kappa shape index (κ1) is 15.7. The highest BCUT2D eigenvalue weighted by molar-refractivity contribution is 6.11. The molecule has 8 nitrogen and oxygen atoms in total. The number of hydrogen-bond donors (Lipinski definition) is 1. The summed E-state index contributed by atoms with van der Waals surface area (Å²) < 4.78 is 5.38. The Hall–Kier alpha value is -3.81. The largest absolute Gasteiger partial charge is 0.478 e. The van der Waals surface area contributed by atoms with Gasteiger partial charge >= 0.3 is 17.8 Å². The van der Waals surface area contributed by atoms with Crippen molar-refractivity contribution in [2.75, 3.05) is 0 Å². The van der Waals surface area contributed by atoms with Crippen LogP contribution in [0, 0.1) is 0 Å². The Balaban J connectivity index is 1.58. The number of carboxylic acid groups (broad SMARTS) is 1. The fourth-order valence-electron chi connectivity index (χ4n) is 2.72. The zero-order chi connectivity index (χ0) is 18.3. The van der Waals surface area contributed by atoms with Crippen LogP contribution in [0.4, 0.5) is 0 Å². The number of benzene rings is 2. The van der Waals surface area contributed by atoms with Crippen LogP contribution in [-0.4, -0.2) is 38.0 Å². The van der Waals surface area contributed by atoms with E-state index in [1.54, 1.807) is 24.3 Å². The molecule has 1 aliphatic rings. The summed E-state index contributed by atoms with van der Waals surface area (Å²) in [4.78, 5) is 36.8. The monoisotopic (exact) mass is 349 g/mol. The number of rotatable bonds is 3. The summed E-state index contributed by atoms with van der Waals surface area (Å²) in [5.41, 5.74) is 1.82. The Morgan fingerprint density at radius 2 is 1.77 bits per heavy atom. The van der Waals surface area contributed by atoms with Gasteiger partial charge in [0.25, 0.3) is 5.91 Å². The highest BCUT2D eigenvalue weighted by Crippen LogP contribution is 2.25. The van der Waals surface area contributed by atoms with Crippen LogP contribution in [-0.2, 0) is 6.54 Å². The molecule has 1 N–H and O–H groups in total. The van der Waals surface area contributed by atoms with E-state index in [9.17, 15) is 14.4 Å². The number of nitrogens with zero attached hydrogens (tertiary/aromatic N) is 3. The van der Waals surface area contributed by atoms with E-state index in [-0.39, 0.29) is 23.9 Å². The molecule has 0 radical (unpaired) electrons. The number of carbonyl (C=O) groups excluding carboxylic acids is 2. The van der Waals surface area contributed by atoms with Gasteiger partial charge in [-0.3, -0.25) is 14.5 Å². The number of carboxylic acids is 1. The van der Waals surface area contributed by atoms with E-state index in [4.69, 9.17) is 9.52 Å². The predicted octanol–water partition coefficient (Wildman–Crippen LogP) is 2.23. The van der Waals surface area contributed by atoms with Crippen molar-refractivity contribution in [1.82, 2.24) is 15.1 Å². The molecule has 26 heavy (non-hydrogen) atoms. The number of aromatic nitrogens is 2. The molecule has 0 unspecified atom stereocenters. The molecule has 3 aromatic rings. The normalized spacial score (nSPS) is 12.9. The van der Waals surface area contributed by atoms with Crippen molar-refractivity contribution in [2.45, 2.75) is 6.54 Å². The van der Waals surface area contributed by atoms with Gasteiger partial charge in [0.1, 0.15) is 0 Å². The van der Waals surface area contributed by atoms with Crippen LogP contribution in [0.5, 0.6) is 0 Å². The summed E-state index contributed by atoms with van der Waals surface area (Å²) in [6.07, 6.45) is 0. The molecule has 8 heteroatoms. The van der Waals surface area contributed by atoms with Crippen molar-refractivity contribution in [3.05, 3.63) is 71.1 Å². The Morgan fingerprint density at radius 1 is 1.04 bits per heavy atom. The zero-order valence-electron chi connectivity index (χ0n) is 13.2. The smallest absolute Gasteiger partial charge is 0.335 e. The van der Waals surface area contributed by atoms with E-state index >= 15 is 0 Å². The van der Waals surface area contributed by atoms with Crippen LogP contribution in [0.1, 0.15) is 37.0 Å². The number of amides is 2. The number of aromatic carboxylic acids is 1. The molecule has 0 saturated carbocycles. The van der Waals surface area contributed by atoms with Crippen molar-refractivity contribution >= 4 is 17.8 Å². The van der Waals surface area contributed by atoms with Gasteiger partial charge in [0.05, 0.1) is 12.1 Å². The maximum atomic E-state index is 12.5. The molecule has 0 bridgehead atoms. The lowest BCUT2D eigenvalue weighted by atomic mass is 10.1. The van der Waals surface area contributed by atoms with Crippen LogP contribution in [0.15, 0.2) is 52.9 Å². The van der Waals surface area contributed by atoms with Gasteiger partial charge in [0, 0.05) is 11.1 Å². The lowest BCUT2D eigenvalue weighted by molar-refractivity contribution is 0.0604. The van der Waals surface area contributed by atoms with Gasteiger partial charge in [-0.05, 0) is 35.9 Å². The van der Waals surface area contributed by atoms with E-state index in [0.717, 1.165) is 10.5 Å². The van der Waals surface area contributed by atoms with Gasteiger partial charge in [0.15, 0.2) is 0 Å². The van der Waals surface area contributed by atoms with Crippen molar-refractivity contribution in [1.29, 1.82) is 0 Å². The second-order valence-corrected chi connectivity index (χ2v) is 5.65. The molecule has 128 valence electrons. The Morgan fingerprint density at radius 3 is 2.46 bits per heavy atom. The van der Waals surface area contributed by atoms with E-state index < -0.39 is 17.8 Å². The topological polar surface area (TPSA) is 114 Å². The van der Waals surface area contributed by atoms with E-state index in [2.05, 4.69) is 10.2 Å². The lowest BCUT2D eigenvalue weighted by Crippen LogP contribution is -2.31. The van der Waals surface area contributed by atoms with Gasteiger partial charge in [-0.1, -0.05) is 18.2 Å². The summed E-state index contributed by atoms with van der Waals surface area (Å²) in [5.74, 6) is -2.37. The fourth-order valence-corrected chi connectivity index (χ4v) is 2.72. The van der Waals surface area contributed by atoms with Gasteiger partial charge in [-0.2, -0.15) is 0 Å². The zero-order valence-corrected chi connectivity index (χ0v) is 13.2. The van der Waals surface area contributed by atoms with Crippen LogP contribution >= 0.6 is 0 Å². The predicted molar refractivity (Wildman–Crippen MR) is 87.3 cm³/mol. The SMILES string of the molecule is O=C(O)c1ccc(-c2nnc(C(=O)N3Cc4ccccc4C3=O)o2)cc1. The lowest BCUT2D eigenvalue weighted by Gasteiger charge is -2.09. The molecule has 2 heterocycles. The van der Waals surface area contributed by atoms with Crippen LogP contribution in [0.25, 0.3) is 11.5 Å². The third-order valence-electron chi connectivity index (χ3n) is 4.05. The third-order valence-corrected chi connectivity index (χ3v) is 4.05. The minimum absolute atomic E-state index is 0.0643. The molecule has 2 aromatic carbocycles. The molecule has 4 rings (SSSR count). The first-order valence-electron chi connectivity index (χ1n) is 7.66. The minimum atomic E-state index is -1.05. The Bertz CT molecular complexity index is 1040. The molecule has 0 aliphatic carbocycles. The third kappa shape index (κ3) is 2.53. The maximum absolute atomic E-state index is 12.5. The van der Waals surface area contributed by atoms with Crippen molar-refractivity contribution in [3.63, 3.8) is 0 Å². The average molecular weight is 349 g/mol. The first-order chi connectivity index (χ1) is 12.5. The first-order valence-corrected chi connectivity index (χ1v) is 7.66. The highest BCUT2D eigenvalue weighted by Gasteiger charge is 2.34. The second-order valence-electron chi connectivity index (χ2n) is 5.65. The summed E-state index contributed by atoms with van der Waals surface area (Å²) in [7, 11) is 0. The van der Waals surface area contributed by atoms with Crippen molar-refractivity contribution in [3.8, 4) is 11.5 Å². The quantitative estimate of drug-likeness (QED) is 0.721. The number of carbonyl (C=O) groups is 3. The Labute approximate surface area is 146 Å². The van der Waals surface area contributed by atoms with Gasteiger partial charge in [-0.15, -0.1) is 10.2 Å². The number of imide groups is 1. The Kier molecular flexibility index (Phi) is 3.58. The standard InChI is InChI=1S/C18H11N3O5/c22-16-13-4-2-1-3-12(13)9-21(16)17(23)15-20-19-14(26-15)10-5-7-11(8-6-10)18(24)25/h1-8H,9H2,(H,24,25). The molecule has 1 aromatic heterocycles. The summed E-state index contributed by atoms with van der Waals surface area (Å²) in [6, 6.07) is 12.8. The number of fused-ring (bicyclic) bond motifs is 1. The van der Waals surface area contributed by atoms with Crippen LogP contribution in [0.3, 0.4) is 0 Å². The van der Waals surface area contributed by atoms with E-state index in [1.807, 2.05) is 0 Å². The maximum Gasteiger partial charge on any atom is 0.335 e. The molecule has 0 saturated heterocycles. The molecule has 0 spiro atoms. The highest BCUT2D eigenvalue weighted by atomic mass is 16.4. The van der Waals surface area contributed by atoms with Crippen LogP contribution < -0.4 is 0 Å². The van der Waals surface area contributed by atoms with Gasteiger partial charge in [-0.25, -0.2) is 4.79 Å². The molecule has 0 atom stereocenters. The summed E-state index contributed by atoms with van der Waals surface area (Å²) in [6.45, 7) is 0.152. The molecular formula is C18H11N3O5. The van der Waals surface area contributed by atoms with Crippen molar-refractivity contribution in [2.24, 2.45) is 0 Å². The molecule has 0 fully saturated rings. The van der Waals surface area contributed by atoms with E-state index in [1.165, 1.54) is 24.3 Å². The molecule has 1 aliphatic heterocycles. The minimum Gasteiger partial charge on any atom is -0.478 e. The molecular weight excluding hydrogens is 338 g/mol. The summed E-state index contributed by atoms with van der Waals surface area (Å²) >= 11 is 0. The number of hydrogen-bond acceptors (Lipinski definition) is 6. The van der Waals surface area contributed by atoms with Crippen LogP contribution in [0.2, 0.25) is 0 Å². The van der Waals surface area contributed by atoms with Gasteiger partial charge in [0.2, 0.25) is 5.89 Å². The second kappa shape index (κ2) is 5.92.